The molecule has 2 aromatic rings. The van der Waals surface area contributed by atoms with Crippen LogP contribution in [0.25, 0.3) is 10.8 Å². The van der Waals surface area contributed by atoms with E-state index in [4.69, 9.17) is 20.3 Å². The lowest BCUT2D eigenvalue weighted by Crippen LogP contribution is -2.37. The number of unbranched alkanes of at least 4 members (excludes halogenated alkanes) is 1. The number of fused-ring (bicyclic) bond motifs is 1. The minimum atomic E-state index is -4.74. The Kier molecular flexibility index (Phi) is 8.36. The molecule has 1 aliphatic carbocycles. The summed E-state index contributed by atoms with van der Waals surface area (Å²) >= 11 is 0. The van der Waals surface area contributed by atoms with Crippen LogP contribution in [0.2, 0.25) is 0 Å². The Morgan fingerprint density at radius 1 is 1.12 bits per heavy atom. The first kappa shape index (κ1) is 27.0. The van der Waals surface area contributed by atoms with Crippen LogP contribution in [0.4, 0.5) is 13.2 Å². The molecule has 1 fully saturated rings. The number of phosphoric acid groups is 1. The van der Waals surface area contributed by atoms with Gasteiger partial charge in [0.05, 0.1) is 18.2 Å². The van der Waals surface area contributed by atoms with E-state index in [2.05, 4.69) is 11.4 Å². The summed E-state index contributed by atoms with van der Waals surface area (Å²) in [4.78, 5) is 17.9. The van der Waals surface area contributed by atoms with Gasteiger partial charge in [0.2, 0.25) is 0 Å². The van der Waals surface area contributed by atoms with Crippen LogP contribution >= 0.6 is 7.82 Å². The number of alkyl halides is 3. The van der Waals surface area contributed by atoms with Gasteiger partial charge in [-0.1, -0.05) is 44.4 Å². The third-order valence-electron chi connectivity index (χ3n) is 6.51. The van der Waals surface area contributed by atoms with Gasteiger partial charge in [-0.05, 0) is 67.0 Å². The Hall–Kier alpha value is -1.64. The van der Waals surface area contributed by atoms with Crippen LogP contribution < -0.4 is 10.5 Å². The van der Waals surface area contributed by atoms with Gasteiger partial charge in [0.25, 0.3) is 0 Å². The van der Waals surface area contributed by atoms with Gasteiger partial charge in [-0.3, -0.25) is 4.52 Å². The molecule has 0 aliphatic heterocycles. The Balaban J connectivity index is 1.85. The van der Waals surface area contributed by atoms with Crippen molar-refractivity contribution < 1.29 is 36.8 Å². The summed E-state index contributed by atoms with van der Waals surface area (Å²) < 4.78 is 63.8. The van der Waals surface area contributed by atoms with Gasteiger partial charge < -0.3 is 20.3 Å². The van der Waals surface area contributed by atoms with Crippen molar-refractivity contribution in [2.75, 3.05) is 6.61 Å². The van der Waals surface area contributed by atoms with Gasteiger partial charge in [0.1, 0.15) is 11.3 Å². The minimum Gasteiger partial charge on any atom is -0.490 e. The van der Waals surface area contributed by atoms with Crippen molar-refractivity contribution in [3.63, 3.8) is 0 Å². The predicted molar refractivity (Wildman–Crippen MR) is 124 cm³/mol. The van der Waals surface area contributed by atoms with Crippen LogP contribution in [-0.2, 0) is 20.8 Å². The first-order valence-corrected chi connectivity index (χ1v) is 13.1. The fourth-order valence-electron chi connectivity index (χ4n) is 4.57. The molecule has 0 spiro atoms. The smallest absolute Gasteiger partial charge is 0.469 e. The summed E-state index contributed by atoms with van der Waals surface area (Å²) in [6.45, 7) is 3.14. The van der Waals surface area contributed by atoms with E-state index in [-0.39, 0.29) is 17.2 Å². The number of nitrogens with two attached hydrogens (primary N) is 1. The highest BCUT2D eigenvalue weighted by molar-refractivity contribution is 7.46. The minimum absolute atomic E-state index is 0.0166. The van der Waals surface area contributed by atoms with Gasteiger partial charge >= 0.3 is 14.0 Å². The monoisotopic (exact) mass is 503 g/mol. The quantitative estimate of drug-likeness (QED) is 0.349. The molecular weight excluding hydrogens is 470 g/mol. The molecule has 6 nitrogen and oxygen atoms in total. The number of benzene rings is 2. The van der Waals surface area contributed by atoms with Crippen molar-refractivity contribution in [2.24, 2.45) is 11.7 Å². The van der Waals surface area contributed by atoms with Crippen molar-refractivity contribution in [1.82, 2.24) is 0 Å². The number of rotatable bonds is 9. The lowest BCUT2D eigenvalue weighted by atomic mass is 9.84. The third-order valence-corrected chi connectivity index (χ3v) is 6.98. The van der Waals surface area contributed by atoms with Gasteiger partial charge in [-0.15, -0.1) is 0 Å². The molecule has 34 heavy (non-hydrogen) atoms. The summed E-state index contributed by atoms with van der Waals surface area (Å²) in [7, 11) is -4.74. The lowest BCUT2D eigenvalue weighted by Gasteiger charge is -2.30. The second kappa shape index (κ2) is 10.5. The van der Waals surface area contributed by atoms with Crippen LogP contribution in [0.15, 0.2) is 30.3 Å². The summed E-state index contributed by atoms with van der Waals surface area (Å²) in [5, 5.41) is 0.283. The molecule has 0 amide bonds. The Morgan fingerprint density at radius 3 is 2.38 bits per heavy atom. The third kappa shape index (κ3) is 6.95. The maximum atomic E-state index is 14.1. The van der Waals surface area contributed by atoms with Gasteiger partial charge in [0.15, 0.2) is 0 Å². The molecule has 0 unspecified atom stereocenters. The fraction of sp³-hybridized carbons (Fsp3) is 0.583. The number of hydrogen-bond donors (Lipinski definition) is 3. The maximum Gasteiger partial charge on any atom is 0.469 e. The van der Waals surface area contributed by atoms with Crippen molar-refractivity contribution in [3.8, 4) is 5.75 Å². The predicted octanol–water partition coefficient (Wildman–Crippen LogP) is 6.27. The van der Waals surface area contributed by atoms with E-state index < -0.39 is 31.7 Å². The summed E-state index contributed by atoms with van der Waals surface area (Å²) in [5.41, 5.74) is 4.39. The standard InChI is InChI=1S/C24H33F3NO5P/c1-3-4-5-16-6-10-19(11-7-16)33-21-13-8-17-14-18(23(2,28)15-32-34(29,30)31)9-12-20(17)22(21)24(25,26)27/h8-9,12-14,16,19H,3-7,10-11,15,28H2,1-2H3,(H2,29,30,31)/t16-,19+,23-/m0/s1. The van der Waals surface area contributed by atoms with E-state index in [1.807, 2.05) is 0 Å². The summed E-state index contributed by atoms with van der Waals surface area (Å²) in [5.74, 6) is 0.446. The van der Waals surface area contributed by atoms with E-state index in [0.29, 0.717) is 16.9 Å². The molecule has 4 N–H and O–H groups in total. The first-order valence-electron chi connectivity index (χ1n) is 11.6. The van der Waals surface area contributed by atoms with E-state index in [0.717, 1.165) is 38.5 Å². The number of hydrogen-bond acceptors (Lipinski definition) is 4. The molecule has 2 aromatic carbocycles. The Bertz CT molecular complexity index is 1030. The largest absolute Gasteiger partial charge is 0.490 e. The van der Waals surface area contributed by atoms with Crippen LogP contribution in [0, 0.1) is 5.92 Å². The molecule has 0 radical (unpaired) electrons. The van der Waals surface area contributed by atoms with Crippen molar-refractivity contribution >= 4 is 18.6 Å². The number of ether oxygens (including phenoxy) is 1. The van der Waals surface area contributed by atoms with Gasteiger partial charge in [-0.2, -0.15) is 13.2 Å². The van der Waals surface area contributed by atoms with E-state index >= 15 is 0 Å². The molecule has 1 saturated carbocycles. The molecule has 0 heterocycles. The summed E-state index contributed by atoms with van der Waals surface area (Å²) in [6, 6.07) is 7.12. The second-order valence-electron chi connectivity index (χ2n) is 9.46. The second-order valence-corrected chi connectivity index (χ2v) is 10.7. The molecule has 0 aromatic heterocycles. The number of halogens is 3. The SMILES string of the molecule is CCCC[C@H]1CC[C@@H](Oc2ccc3cc([C@@](C)(N)COP(=O)(O)O)ccc3c2C(F)(F)F)CC1. The highest BCUT2D eigenvalue weighted by atomic mass is 31.2. The molecule has 190 valence electrons. The Labute approximate surface area is 197 Å². The zero-order valence-corrected chi connectivity index (χ0v) is 20.4. The zero-order valence-electron chi connectivity index (χ0n) is 19.5. The van der Waals surface area contributed by atoms with Gasteiger partial charge in [-0.25, -0.2) is 4.57 Å². The molecule has 1 aliphatic rings. The normalized spacial score (nSPS) is 21.4. The Morgan fingerprint density at radius 2 is 1.79 bits per heavy atom. The average Bonchev–Trinajstić information content (AvgIpc) is 2.75. The topological polar surface area (TPSA) is 102 Å². The van der Waals surface area contributed by atoms with E-state index in [1.165, 1.54) is 37.6 Å². The van der Waals surface area contributed by atoms with Crippen LogP contribution in [-0.4, -0.2) is 22.5 Å². The van der Waals surface area contributed by atoms with Gasteiger partial charge in [0, 0.05) is 0 Å². The first-order chi connectivity index (χ1) is 15.8. The molecule has 0 bridgehead atoms. The van der Waals surface area contributed by atoms with Crippen molar-refractivity contribution in [1.29, 1.82) is 0 Å². The van der Waals surface area contributed by atoms with Crippen molar-refractivity contribution in [3.05, 3.63) is 41.5 Å². The average molecular weight is 503 g/mol. The molecule has 10 heteroatoms. The summed E-state index contributed by atoms with van der Waals surface area (Å²) in [6.07, 6.45) is 2.04. The van der Waals surface area contributed by atoms with Crippen LogP contribution in [0.1, 0.15) is 69.9 Å². The number of phosphoric ester groups is 1. The maximum absolute atomic E-state index is 14.1. The molecule has 1 atom stereocenters. The van der Waals surface area contributed by atoms with Crippen LogP contribution in [0.5, 0.6) is 5.75 Å². The van der Waals surface area contributed by atoms with Crippen molar-refractivity contribution in [2.45, 2.75) is 76.6 Å². The molecular formula is C24H33F3NO5P. The highest BCUT2D eigenvalue weighted by Crippen LogP contribution is 2.44. The molecule has 0 saturated heterocycles. The molecule has 3 rings (SSSR count). The fourth-order valence-corrected chi connectivity index (χ4v) is 5.00. The zero-order chi connectivity index (χ0) is 25.1. The highest BCUT2D eigenvalue weighted by Gasteiger charge is 2.38. The van der Waals surface area contributed by atoms with E-state index in [9.17, 15) is 17.7 Å². The van der Waals surface area contributed by atoms with E-state index in [1.54, 1.807) is 6.07 Å². The lowest BCUT2D eigenvalue weighted by molar-refractivity contribution is -0.138. The van der Waals surface area contributed by atoms with Crippen LogP contribution in [0.3, 0.4) is 0 Å².